The minimum atomic E-state index is -5.85. The van der Waals surface area contributed by atoms with Gasteiger partial charge in [0.2, 0.25) is 5.95 Å². The van der Waals surface area contributed by atoms with Crippen molar-refractivity contribution in [1.29, 1.82) is 0 Å². The van der Waals surface area contributed by atoms with Crippen LogP contribution in [0.3, 0.4) is 0 Å². The van der Waals surface area contributed by atoms with Gasteiger partial charge in [-0.1, -0.05) is 0 Å². The number of aliphatic hydroxyl groups excluding tert-OH is 2. The molecule has 2 aliphatic rings. The number of anilines is 3. The fourth-order valence-electron chi connectivity index (χ4n) is 3.17. The topological polar surface area (TPSA) is 293 Å². The third kappa shape index (κ3) is 8.28. The average molecular weight is 583 g/mol. The number of ether oxygens (including phenoxy) is 1. The molecule has 19 nitrogen and oxygen atoms in total. The quantitative estimate of drug-likeness (QED) is 0.122. The fraction of sp³-hybridized carbons (Fsp3) is 0.636. The summed E-state index contributed by atoms with van der Waals surface area (Å²) >= 11 is 0. The second-order valence-corrected chi connectivity index (χ2v) is 11.2. The van der Waals surface area contributed by atoms with Crippen molar-refractivity contribution in [2.75, 3.05) is 35.9 Å². The summed E-state index contributed by atoms with van der Waals surface area (Å²) in [6, 6.07) is 0. The molecule has 0 aromatic carbocycles. The van der Waals surface area contributed by atoms with Gasteiger partial charge < -0.3 is 54.6 Å². The molecule has 24 heteroatoms. The summed E-state index contributed by atoms with van der Waals surface area (Å²) in [6.07, 6.45) is -6.32. The molecule has 0 amide bonds. The first kappa shape index (κ1) is 33.6. The van der Waals surface area contributed by atoms with E-state index in [4.69, 9.17) is 20.3 Å². The van der Waals surface area contributed by atoms with Crippen molar-refractivity contribution in [3.63, 3.8) is 0 Å². The maximum absolute atomic E-state index is 12.1. The first-order valence-corrected chi connectivity index (χ1v) is 13.1. The molecule has 1 aromatic rings. The van der Waals surface area contributed by atoms with Gasteiger partial charge in [0.1, 0.15) is 24.0 Å². The summed E-state index contributed by atoms with van der Waals surface area (Å²) in [7, 11) is -15.9. The zero-order valence-electron chi connectivity index (χ0n) is 18.4. The number of fused-ring (bicyclic) bond motifs is 1. The van der Waals surface area contributed by atoms with Gasteiger partial charge in [0, 0.05) is 7.05 Å². The molecule has 35 heavy (non-hydrogen) atoms. The van der Waals surface area contributed by atoms with Crippen molar-refractivity contribution in [3.8, 4) is 0 Å². The maximum Gasteiger partial charge on any atom is 1.00 e. The minimum absolute atomic E-state index is 0. The van der Waals surface area contributed by atoms with Gasteiger partial charge in [-0.25, -0.2) is 13.2 Å². The van der Waals surface area contributed by atoms with Gasteiger partial charge in [0.15, 0.2) is 12.0 Å². The van der Waals surface area contributed by atoms with Crippen LogP contribution in [-0.4, -0.2) is 74.8 Å². The summed E-state index contributed by atoms with van der Waals surface area (Å²) < 4.78 is 50.1. The van der Waals surface area contributed by atoms with E-state index in [-0.39, 0.29) is 83.2 Å². The monoisotopic (exact) mass is 583 g/mol. The third-order valence-corrected chi connectivity index (χ3v) is 8.11. The second-order valence-electron chi connectivity index (χ2n) is 6.82. The van der Waals surface area contributed by atoms with E-state index < -0.39 is 60.2 Å². The molecule has 0 radical (unpaired) electrons. The first-order valence-electron chi connectivity index (χ1n) is 8.64. The Bertz CT molecular complexity index is 1120. The molecule has 2 aliphatic heterocycles. The Kier molecular flexibility index (Phi) is 11.7. The minimum Gasteiger partial charge on any atom is -0.756 e. The number of nitrogens with one attached hydrogen (secondary N) is 1. The summed E-state index contributed by atoms with van der Waals surface area (Å²) in [5.41, 5.74) is 5.05. The van der Waals surface area contributed by atoms with E-state index in [9.17, 15) is 38.5 Å². The van der Waals surface area contributed by atoms with Crippen molar-refractivity contribution >= 4 is 40.9 Å². The number of hydrogen-bond acceptors (Lipinski definition) is 16. The van der Waals surface area contributed by atoms with E-state index >= 15 is 0 Å². The number of aromatic nitrogens is 2. The van der Waals surface area contributed by atoms with Crippen molar-refractivity contribution in [3.05, 3.63) is 10.4 Å². The predicted octanol–water partition coefficient (Wildman–Crippen LogP) is -9.90. The largest absolute Gasteiger partial charge is 1.00 e. The SMILES string of the molecule is CN1CN([C@@H]2O[C@H](COP(=O)([O-])OP(=O)(O)OP(=O)([O-])O)[C@@H](O)[C@H]2O)c2nc(N)[nH]c(=O)c21.[Na+].[Na+]. The standard InChI is InChI=1S/C11H20N5O14P3.2Na/c1-15-3-16(8-5(15)9(19)14-11(12)13-8)10-7(18)6(17)4(28-10)2-27-32(23,24)30-33(25,26)29-31(20,21)22;;/h4,6-7,10,17-18H,2-3H2,1H3,(H,23,24)(H,25,26)(H2,20,21,22)(H3,12,13,14,19);;/q;2*+1/p-2/t4-,6-,7-,10-;;/m1../s1. The predicted molar refractivity (Wildman–Crippen MR) is 101 cm³/mol. The van der Waals surface area contributed by atoms with Gasteiger partial charge in [-0.05, 0) is 0 Å². The molecule has 1 fully saturated rings. The molecular formula is C11H18N5Na2O14P3. The number of nitrogens with zero attached hydrogens (tertiary/aromatic N) is 3. The zero-order valence-corrected chi connectivity index (χ0v) is 25.0. The van der Waals surface area contributed by atoms with E-state index in [2.05, 4.69) is 23.1 Å². The molecule has 0 aliphatic carbocycles. The Hall–Kier alpha value is 0.570. The molecule has 3 rings (SSSR count). The van der Waals surface area contributed by atoms with Gasteiger partial charge in [-0.2, -0.15) is 4.98 Å². The molecule has 0 spiro atoms. The normalized spacial score (nSPS) is 28.8. The Morgan fingerprint density at radius 3 is 2.37 bits per heavy atom. The van der Waals surface area contributed by atoms with Gasteiger partial charge >= 0.3 is 66.9 Å². The molecule has 0 saturated carbocycles. The summed E-state index contributed by atoms with van der Waals surface area (Å²) in [6.45, 7) is -1.10. The van der Waals surface area contributed by atoms with Gasteiger partial charge in [0.05, 0.1) is 13.3 Å². The Morgan fingerprint density at radius 1 is 1.20 bits per heavy atom. The zero-order chi connectivity index (χ0) is 24.9. The van der Waals surface area contributed by atoms with Gasteiger partial charge in [-0.3, -0.25) is 18.9 Å². The molecule has 188 valence electrons. The number of aliphatic hydroxyl groups is 2. The Balaban J connectivity index is 0.00000306. The number of nitrogen functional groups attached to an aromatic ring is 1. The van der Waals surface area contributed by atoms with Crippen LogP contribution in [0.1, 0.15) is 0 Å². The van der Waals surface area contributed by atoms with Gasteiger partial charge in [0.25, 0.3) is 21.2 Å². The van der Waals surface area contributed by atoms with E-state index in [0.29, 0.717) is 0 Å². The molecule has 0 bridgehead atoms. The number of hydrogen-bond donors (Lipinski definition) is 6. The van der Waals surface area contributed by atoms with Crippen LogP contribution in [0.4, 0.5) is 17.5 Å². The number of aromatic amines is 1. The number of phosphoric ester groups is 1. The Morgan fingerprint density at radius 2 is 1.80 bits per heavy atom. The molecule has 7 atom stereocenters. The average Bonchev–Trinajstić information content (AvgIpc) is 3.07. The first-order chi connectivity index (χ1) is 15.0. The van der Waals surface area contributed by atoms with Crippen LogP contribution in [0.2, 0.25) is 0 Å². The van der Waals surface area contributed by atoms with Crippen LogP contribution >= 0.6 is 23.5 Å². The van der Waals surface area contributed by atoms with Crippen LogP contribution in [0.15, 0.2) is 4.79 Å². The van der Waals surface area contributed by atoms with Crippen LogP contribution in [0.5, 0.6) is 0 Å². The van der Waals surface area contributed by atoms with Crippen LogP contribution in [-0.2, 0) is 31.6 Å². The third-order valence-electron chi connectivity index (χ3n) is 4.36. The molecule has 3 heterocycles. The number of rotatable bonds is 8. The summed E-state index contributed by atoms with van der Waals surface area (Å²) in [5, 5.41) is 20.6. The van der Waals surface area contributed by atoms with E-state index in [1.165, 1.54) is 16.8 Å². The van der Waals surface area contributed by atoms with Gasteiger partial charge in [-0.15, -0.1) is 0 Å². The number of nitrogens with two attached hydrogens (primary N) is 1. The van der Waals surface area contributed by atoms with Crippen LogP contribution in [0.25, 0.3) is 0 Å². The number of H-pyrrole nitrogens is 1. The Labute approximate surface area is 240 Å². The van der Waals surface area contributed by atoms with E-state index in [0.717, 1.165) is 0 Å². The van der Waals surface area contributed by atoms with Crippen molar-refractivity contribution < 1.29 is 120 Å². The summed E-state index contributed by atoms with van der Waals surface area (Å²) in [4.78, 5) is 60.8. The number of phosphoric acid groups is 3. The molecular weight excluding hydrogens is 565 g/mol. The smallest absolute Gasteiger partial charge is 0.756 e. The molecule has 3 unspecified atom stereocenters. The maximum atomic E-state index is 12.1. The summed E-state index contributed by atoms with van der Waals surface area (Å²) in [5.74, 6) is -0.226. The molecule has 7 N–H and O–H groups in total. The van der Waals surface area contributed by atoms with Crippen molar-refractivity contribution in [2.45, 2.75) is 24.5 Å². The fourth-order valence-corrected chi connectivity index (χ4v) is 6.13. The van der Waals surface area contributed by atoms with Crippen molar-refractivity contribution in [2.24, 2.45) is 0 Å². The molecule has 1 saturated heterocycles. The van der Waals surface area contributed by atoms with E-state index in [1.54, 1.807) is 0 Å². The van der Waals surface area contributed by atoms with Crippen LogP contribution in [0, 0.1) is 0 Å². The van der Waals surface area contributed by atoms with E-state index in [1.807, 2.05) is 0 Å². The second kappa shape index (κ2) is 12.2. The van der Waals surface area contributed by atoms with Crippen LogP contribution < -0.4 is 90.0 Å². The van der Waals surface area contributed by atoms with Crippen molar-refractivity contribution in [1.82, 2.24) is 9.97 Å². The molecule has 1 aromatic heterocycles.